The zero-order valence-electron chi connectivity index (χ0n) is 19.1. The van der Waals surface area contributed by atoms with Gasteiger partial charge >= 0.3 is 0 Å². The maximum absolute atomic E-state index is 12.8. The highest BCUT2D eigenvalue weighted by Crippen LogP contribution is 2.35. The van der Waals surface area contributed by atoms with Gasteiger partial charge in [-0.15, -0.1) is 6.42 Å². The summed E-state index contributed by atoms with van der Waals surface area (Å²) in [5, 5.41) is 0. The van der Waals surface area contributed by atoms with Crippen LogP contribution in [0.2, 0.25) is 0 Å². The number of pyridine rings is 3. The molecule has 172 valence electrons. The third-order valence-corrected chi connectivity index (χ3v) is 6.91. The van der Waals surface area contributed by atoms with Crippen molar-refractivity contribution in [3.8, 4) is 23.6 Å². The van der Waals surface area contributed by atoms with E-state index in [1.807, 2.05) is 60.1 Å². The Morgan fingerprint density at radius 1 is 1.06 bits per heavy atom. The first kappa shape index (κ1) is 23.0. The number of rotatable bonds is 4. The van der Waals surface area contributed by atoms with Crippen LogP contribution in [0.5, 0.6) is 0 Å². The third-order valence-electron chi connectivity index (χ3n) is 6.19. The van der Waals surface area contributed by atoms with Gasteiger partial charge in [-0.2, -0.15) is 0 Å². The molecule has 0 amide bonds. The molecule has 0 saturated carbocycles. The van der Waals surface area contributed by atoms with Gasteiger partial charge in [0.25, 0.3) is 5.56 Å². The minimum Gasteiger partial charge on any atom is -0.335 e. The second kappa shape index (κ2) is 8.76. The van der Waals surface area contributed by atoms with E-state index in [9.17, 15) is 4.79 Å². The Labute approximate surface area is 215 Å². The van der Waals surface area contributed by atoms with Crippen LogP contribution in [0.3, 0.4) is 0 Å². The van der Waals surface area contributed by atoms with Crippen molar-refractivity contribution in [1.29, 1.82) is 0 Å². The van der Waals surface area contributed by atoms with E-state index in [-0.39, 0.29) is 5.56 Å². The van der Waals surface area contributed by atoms with Crippen molar-refractivity contribution in [3.05, 3.63) is 110 Å². The molecule has 5 aromatic rings. The number of benzene rings is 1. The number of nitrogens with zero attached hydrogens (tertiary/aromatic N) is 5. The Morgan fingerprint density at radius 3 is 2.51 bits per heavy atom. The van der Waals surface area contributed by atoms with Gasteiger partial charge in [0, 0.05) is 29.3 Å². The summed E-state index contributed by atoms with van der Waals surface area (Å²) < 4.78 is 4.55. The highest BCUT2D eigenvalue weighted by molar-refractivity contribution is 14.1. The molecule has 35 heavy (non-hydrogen) atoms. The summed E-state index contributed by atoms with van der Waals surface area (Å²) in [5.74, 6) is 2.55. The van der Waals surface area contributed by atoms with Crippen LogP contribution in [-0.2, 0) is 19.6 Å². The summed E-state index contributed by atoms with van der Waals surface area (Å²) in [6.45, 7) is 0. The Hall–Kier alpha value is -3.81. The van der Waals surface area contributed by atoms with E-state index >= 15 is 0 Å². The first-order valence-corrected chi connectivity index (χ1v) is 11.9. The predicted octanol–water partition coefficient (Wildman–Crippen LogP) is 3.57. The maximum atomic E-state index is 12.8. The highest BCUT2D eigenvalue weighted by atomic mass is 127. The summed E-state index contributed by atoms with van der Waals surface area (Å²) in [5.41, 5.74) is 11.1. The smallest absolute Gasteiger partial charge is 0.251 e. The van der Waals surface area contributed by atoms with Crippen molar-refractivity contribution in [2.45, 2.75) is 5.54 Å². The molecule has 0 aliphatic heterocycles. The molecule has 2 N–H and O–H groups in total. The average molecular weight is 572 g/mol. The molecule has 0 aliphatic carbocycles. The van der Waals surface area contributed by atoms with E-state index in [2.05, 4.69) is 38.5 Å². The lowest BCUT2D eigenvalue weighted by Gasteiger charge is -2.30. The second-order valence-corrected chi connectivity index (χ2v) is 9.52. The number of hydrogen-bond donors (Lipinski definition) is 1. The molecule has 8 heteroatoms. The third kappa shape index (κ3) is 3.83. The number of fused-ring (bicyclic) bond motifs is 1. The van der Waals surface area contributed by atoms with Crippen LogP contribution in [0.25, 0.3) is 22.3 Å². The van der Waals surface area contributed by atoms with Crippen LogP contribution in [0, 0.1) is 15.9 Å². The van der Waals surface area contributed by atoms with Crippen molar-refractivity contribution < 1.29 is 0 Å². The summed E-state index contributed by atoms with van der Waals surface area (Å²) >= 11 is 2.27. The number of aromatic nitrogens is 5. The van der Waals surface area contributed by atoms with Gasteiger partial charge in [-0.1, -0.05) is 24.1 Å². The van der Waals surface area contributed by atoms with E-state index in [0.29, 0.717) is 33.7 Å². The number of halogens is 1. The molecule has 0 fully saturated rings. The quantitative estimate of drug-likeness (QED) is 0.263. The van der Waals surface area contributed by atoms with Crippen molar-refractivity contribution in [1.82, 2.24) is 24.1 Å². The molecule has 1 aromatic carbocycles. The first-order valence-electron chi connectivity index (χ1n) is 10.8. The second-order valence-electron chi connectivity index (χ2n) is 8.28. The molecule has 4 aromatic heterocycles. The predicted molar refractivity (Wildman–Crippen MR) is 145 cm³/mol. The standard InChI is InChI=1S/C27H21IN6O/c1-4-19-6-5-7-21(31-19)20-14-25(35)34(3)22-12-13-23(32-26(20)22)27(29,24-15-30-16-33(24)2)17-8-10-18(28)11-9-17/h1,5-16H,29H2,2-3H3/t27-/m1/s1. The van der Waals surface area contributed by atoms with Gasteiger partial charge in [-0.25, -0.2) is 15.0 Å². The Morgan fingerprint density at radius 2 is 1.83 bits per heavy atom. The van der Waals surface area contributed by atoms with Crippen molar-refractivity contribution in [2.24, 2.45) is 19.8 Å². The molecule has 5 rings (SSSR count). The van der Waals surface area contributed by atoms with Gasteiger partial charge in [0.1, 0.15) is 11.2 Å². The fourth-order valence-electron chi connectivity index (χ4n) is 4.28. The van der Waals surface area contributed by atoms with Gasteiger partial charge in [0.2, 0.25) is 0 Å². The van der Waals surface area contributed by atoms with Gasteiger partial charge < -0.3 is 14.9 Å². The van der Waals surface area contributed by atoms with Crippen LogP contribution in [0.1, 0.15) is 22.6 Å². The van der Waals surface area contributed by atoms with Crippen molar-refractivity contribution in [2.75, 3.05) is 0 Å². The van der Waals surface area contributed by atoms with Crippen LogP contribution in [-0.4, -0.2) is 24.1 Å². The normalized spacial score (nSPS) is 12.9. The molecule has 0 unspecified atom stereocenters. The Balaban J connectivity index is 1.84. The highest BCUT2D eigenvalue weighted by Gasteiger charge is 2.36. The fraction of sp³-hybridized carbons (Fsp3) is 0.111. The summed E-state index contributed by atoms with van der Waals surface area (Å²) in [6, 6.07) is 18.7. The van der Waals surface area contributed by atoms with E-state index in [0.717, 1.165) is 14.8 Å². The number of hydrogen-bond acceptors (Lipinski definition) is 5. The minimum absolute atomic E-state index is 0.168. The van der Waals surface area contributed by atoms with Gasteiger partial charge in [0.05, 0.1) is 40.6 Å². The molecular formula is C27H21IN6O. The Kier molecular flexibility index (Phi) is 5.75. The van der Waals surface area contributed by atoms with Gasteiger partial charge in [-0.3, -0.25) is 4.79 Å². The zero-order valence-corrected chi connectivity index (χ0v) is 21.3. The van der Waals surface area contributed by atoms with Crippen LogP contribution in [0.15, 0.2) is 78.0 Å². The molecule has 0 saturated heterocycles. The molecular weight excluding hydrogens is 551 g/mol. The molecule has 0 spiro atoms. The van der Waals surface area contributed by atoms with E-state index in [4.69, 9.17) is 17.1 Å². The number of nitrogens with two attached hydrogens (primary N) is 1. The SMILES string of the molecule is C#Cc1cccc(-c2cc(=O)n(C)c3ccc([C@](N)(c4ccc(I)cc4)c4cncn4C)nc23)n1. The van der Waals surface area contributed by atoms with Crippen molar-refractivity contribution >= 4 is 33.6 Å². The van der Waals surface area contributed by atoms with E-state index < -0.39 is 5.54 Å². The lowest BCUT2D eigenvalue weighted by molar-refractivity contribution is 0.580. The summed E-state index contributed by atoms with van der Waals surface area (Å²) in [4.78, 5) is 26.7. The summed E-state index contributed by atoms with van der Waals surface area (Å²) in [6.07, 6.45) is 9.04. The maximum Gasteiger partial charge on any atom is 0.251 e. The lowest BCUT2D eigenvalue weighted by Crippen LogP contribution is -2.41. The minimum atomic E-state index is -1.09. The number of imidazole rings is 1. The molecule has 0 aliphatic rings. The van der Waals surface area contributed by atoms with E-state index in [1.54, 1.807) is 30.2 Å². The monoisotopic (exact) mass is 572 g/mol. The van der Waals surface area contributed by atoms with Gasteiger partial charge in [0.15, 0.2) is 0 Å². The van der Waals surface area contributed by atoms with Crippen LogP contribution >= 0.6 is 22.6 Å². The van der Waals surface area contributed by atoms with Crippen molar-refractivity contribution in [3.63, 3.8) is 0 Å². The average Bonchev–Trinajstić information content (AvgIpc) is 3.32. The summed E-state index contributed by atoms with van der Waals surface area (Å²) in [7, 11) is 3.62. The topological polar surface area (TPSA) is 91.6 Å². The number of terminal acetylenes is 1. The van der Waals surface area contributed by atoms with E-state index in [1.165, 1.54) is 6.07 Å². The Bertz CT molecular complexity index is 1680. The lowest BCUT2D eigenvalue weighted by atomic mass is 9.84. The fourth-order valence-corrected chi connectivity index (χ4v) is 4.64. The van der Waals surface area contributed by atoms with Crippen LogP contribution in [0.4, 0.5) is 0 Å². The first-order chi connectivity index (χ1) is 16.8. The number of aryl methyl sites for hydroxylation is 2. The molecule has 4 heterocycles. The largest absolute Gasteiger partial charge is 0.335 e. The molecule has 0 bridgehead atoms. The molecule has 7 nitrogen and oxygen atoms in total. The molecule has 1 atom stereocenters. The van der Waals surface area contributed by atoms with Crippen LogP contribution < -0.4 is 11.3 Å². The zero-order chi connectivity index (χ0) is 24.7. The van der Waals surface area contributed by atoms with Gasteiger partial charge in [-0.05, 0) is 64.6 Å². The molecule has 0 radical (unpaired) electrons.